The van der Waals surface area contributed by atoms with Gasteiger partial charge in [0.2, 0.25) is 17.7 Å². The van der Waals surface area contributed by atoms with Gasteiger partial charge < -0.3 is 10.1 Å². The van der Waals surface area contributed by atoms with Crippen molar-refractivity contribution in [2.75, 3.05) is 18.5 Å². The minimum Gasteiger partial charge on any atom is -0.454 e. The molecule has 8 rings (SSSR count). The smallest absolute Gasteiger partial charge is 0.338 e. The van der Waals surface area contributed by atoms with Crippen molar-refractivity contribution in [1.29, 1.82) is 0 Å². The summed E-state index contributed by atoms with van der Waals surface area (Å²) < 4.78 is 5.98. The highest BCUT2D eigenvalue weighted by molar-refractivity contribution is 9.10. The molecule has 4 aromatic rings. The number of imide groups is 1. The number of anilines is 1. The zero-order valence-electron chi connectivity index (χ0n) is 24.5. The first-order valence-electron chi connectivity index (χ1n) is 14.8. The molecule has 3 amide bonds. The molecule has 2 bridgehead atoms. The van der Waals surface area contributed by atoms with E-state index in [0.29, 0.717) is 33.5 Å². The molecule has 11 heteroatoms. The van der Waals surface area contributed by atoms with Crippen LogP contribution in [0.2, 0.25) is 0 Å². The number of amides is 3. The van der Waals surface area contributed by atoms with Gasteiger partial charge in [-0.05, 0) is 58.7 Å². The molecule has 1 N–H and O–H groups in total. The molecule has 1 fully saturated rings. The zero-order valence-corrected chi connectivity index (χ0v) is 27.6. The van der Waals surface area contributed by atoms with Gasteiger partial charge in [-0.25, -0.2) is 4.79 Å². The molecule has 4 aliphatic rings. The number of likely N-dealkylation sites (tertiary alicyclic amines) is 1. The third-order valence-corrected chi connectivity index (χ3v) is 11.0. The van der Waals surface area contributed by atoms with Gasteiger partial charge >= 0.3 is 5.97 Å². The van der Waals surface area contributed by atoms with Crippen molar-refractivity contribution in [1.82, 2.24) is 4.90 Å². The highest BCUT2D eigenvalue weighted by atomic mass is 79.9. The molecule has 2 atom stereocenters. The number of halogens is 3. The van der Waals surface area contributed by atoms with Gasteiger partial charge in [0.15, 0.2) is 12.4 Å². The fourth-order valence-electron chi connectivity index (χ4n) is 7.01. The number of ketones is 1. The number of Topliss-reactive ketones (excluding diaryl/α,β-unsaturated/α-hetero) is 1. The fourth-order valence-corrected chi connectivity index (χ4v) is 8.37. The number of esters is 1. The van der Waals surface area contributed by atoms with Crippen molar-refractivity contribution in [3.05, 3.63) is 135 Å². The predicted molar refractivity (Wildman–Crippen MR) is 178 cm³/mol. The molecule has 0 radical (unpaired) electrons. The first kappa shape index (κ1) is 31.3. The average Bonchev–Trinajstić information content (AvgIpc) is 3.35. The van der Waals surface area contributed by atoms with E-state index in [1.54, 1.807) is 24.3 Å². The number of alkyl halides is 2. The Labute approximate surface area is 288 Å². The predicted octanol–water partition coefficient (Wildman–Crippen LogP) is 6.41. The summed E-state index contributed by atoms with van der Waals surface area (Å²) in [6, 6.07) is 27.5. The summed E-state index contributed by atoms with van der Waals surface area (Å²) in [4.78, 5) is 64.1. The number of hydrogen-bond donors (Lipinski definition) is 1. The number of rotatable bonds is 8. The normalized spacial score (nSPS) is 23.5. The number of carbonyl (C=O) groups is 5. The standard InChI is InChI=1S/C36H25BrCl2N2O6/c37-22-13-9-20(10-14-22)28(42)19-47-34(46)21-11-15-23(16-12-21)40-29(43)17-18-41-32(44)30-31(33(41)45)36(39)25-6-2-1-5-24(25)35(30,38)26-7-3-4-8-27(26)36/h1-16,30-31H,17-19H2,(H,40,43)/t30-,31-,35?,36?/m1/s1. The van der Waals surface area contributed by atoms with Gasteiger partial charge in [-0.2, -0.15) is 0 Å². The van der Waals surface area contributed by atoms with Crippen LogP contribution in [0.5, 0.6) is 0 Å². The Hall–Kier alpha value is -4.31. The van der Waals surface area contributed by atoms with Gasteiger partial charge in [-0.1, -0.05) is 76.6 Å². The van der Waals surface area contributed by atoms with Crippen molar-refractivity contribution >= 4 is 74.3 Å². The number of ether oxygens (including phenoxy) is 1. The molecular weight excluding hydrogens is 707 g/mol. The average molecular weight is 732 g/mol. The van der Waals surface area contributed by atoms with Crippen LogP contribution in [-0.4, -0.2) is 47.5 Å². The molecule has 1 heterocycles. The van der Waals surface area contributed by atoms with E-state index in [2.05, 4.69) is 21.2 Å². The van der Waals surface area contributed by atoms with E-state index in [4.69, 9.17) is 27.9 Å². The maximum atomic E-state index is 13.9. The van der Waals surface area contributed by atoms with Crippen LogP contribution in [-0.2, 0) is 28.9 Å². The molecule has 4 aromatic carbocycles. The highest BCUT2D eigenvalue weighted by Gasteiger charge is 2.72. The molecule has 0 unspecified atom stereocenters. The quantitative estimate of drug-likeness (QED) is 0.0972. The van der Waals surface area contributed by atoms with Crippen LogP contribution in [0.25, 0.3) is 0 Å². The van der Waals surface area contributed by atoms with Crippen molar-refractivity contribution in [2.45, 2.75) is 16.2 Å². The largest absolute Gasteiger partial charge is 0.454 e. The van der Waals surface area contributed by atoms with Gasteiger partial charge in [0.05, 0.1) is 17.4 Å². The Morgan fingerprint density at radius 3 is 1.68 bits per heavy atom. The number of nitrogens with zero attached hydrogens (tertiary/aromatic N) is 1. The number of carbonyl (C=O) groups excluding carboxylic acids is 5. The lowest BCUT2D eigenvalue weighted by Gasteiger charge is -2.54. The van der Waals surface area contributed by atoms with Crippen LogP contribution < -0.4 is 5.32 Å². The van der Waals surface area contributed by atoms with Crippen LogP contribution in [0, 0.1) is 11.8 Å². The number of nitrogens with one attached hydrogen (secondary N) is 1. The van der Waals surface area contributed by atoms with Gasteiger partial charge in [0.25, 0.3) is 0 Å². The fraction of sp³-hybridized carbons (Fsp3) is 0.194. The number of benzene rings is 4. The van der Waals surface area contributed by atoms with Gasteiger partial charge in [0.1, 0.15) is 9.75 Å². The Bertz CT molecular complexity index is 1860. The molecule has 0 saturated carbocycles. The monoisotopic (exact) mass is 730 g/mol. The maximum absolute atomic E-state index is 13.9. The topological polar surface area (TPSA) is 110 Å². The molecule has 0 aromatic heterocycles. The summed E-state index contributed by atoms with van der Waals surface area (Å²) >= 11 is 18.2. The third kappa shape index (κ3) is 4.91. The second kappa shape index (κ2) is 11.7. The SMILES string of the molecule is O=C(CCN1C(=O)[C@H]2[C@H](C1=O)C1(Cl)c3ccccc3C2(Cl)c2ccccc21)Nc1ccc(C(=O)OCC(=O)c2ccc(Br)cc2)cc1. The van der Waals surface area contributed by atoms with Crippen molar-refractivity contribution in [3.8, 4) is 0 Å². The second-order valence-corrected chi connectivity index (χ2v) is 13.8. The Kier molecular flexibility index (Phi) is 7.82. The Morgan fingerprint density at radius 2 is 1.19 bits per heavy atom. The Morgan fingerprint density at radius 1 is 0.723 bits per heavy atom. The van der Waals surface area contributed by atoms with Crippen LogP contribution in [0.15, 0.2) is 102 Å². The third-order valence-electron chi connectivity index (χ3n) is 9.14. The first-order chi connectivity index (χ1) is 22.5. The van der Waals surface area contributed by atoms with Gasteiger partial charge in [-0.3, -0.25) is 24.1 Å². The van der Waals surface area contributed by atoms with Crippen LogP contribution in [0.1, 0.15) is 49.4 Å². The van der Waals surface area contributed by atoms with Crippen LogP contribution in [0.4, 0.5) is 5.69 Å². The summed E-state index contributed by atoms with van der Waals surface area (Å²) in [7, 11) is 0. The molecule has 236 valence electrons. The summed E-state index contributed by atoms with van der Waals surface area (Å²) in [5.41, 5.74) is 3.85. The zero-order chi connectivity index (χ0) is 33.1. The molecule has 1 saturated heterocycles. The van der Waals surface area contributed by atoms with E-state index in [1.165, 1.54) is 24.3 Å². The molecular formula is C36H25BrCl2N2O6. The minimum absolute atomic E-state index is 0.153. The van der Waals surface area contributed by atoms with E-state index in [0.717, 1.165) is 9.37 Å². The van der Waals surface area contributed by atoms with E-state index in [9.17, 15) is 24.0 Å². The highest BCUT2D eigenvalue weighted by Crippen LogP contribution is 2.69. The molecule has 8 nitrogen and oxygen atoms in total. The van der Waals surface area contributed by atoms with E-state index >= 15 is 0 Å². The van der Waals surface area contributed by atoms with Gasteiger partial charge in [0, 0.05) is 28.7 Å². The lowest BCUT2D eigenvalue weighted by atomic mass is 9.54. The minimum atomic E-state index is -1.28. The van der Waals surface area contributed by atoms with E-state index in [-0.39, 0.29) is 24.3 Å². The lowest BCUT2D eigenvalue weighted by molar-refractivity contribution is -0.140. The van der Waals surface area contributed by atoms with Crippen LogP contribution >= 0.6 is 39.1 Å². The van der Waals surface area contributed by atoms with Crippen molar-refractivity contribution in [3.63, 3.8) is 0 Å². The summed E-state index contributed by atoms with van der Waals surface area (Å²) in [5.74, 6) is -4.25. The molecule has 3 aliphatic carbocycles. The lowest BCUT2D eigenvalue weighted by Crippen LogP contribution is -2.57. The molecule has 47 heavy (non-hydrogen) atoms. The van der Waals surface area contributed by atoms with E-state index in [1.807, 2.05) is 48.5 Å². The first-order valence-corrected chi connectivity index (χ1v) is 16.4. The maximum Gasteiger partial charge on any atom is 0.338 e. The van der Waals surface area contributed by atoms with Gasteiger partial charge in [-0.15, -0.1) is 23.2 Å². The Balaban J connectivity index is 1.00. The van der Waals surface area contributed by atoms with Crippen LogP contribution in [0.3, 0.4) is 0 Å². The molecule has 0 spiro atoms. The summed E-state index contributed by atoms with van der Waals surface area (Å²) in [6.07, 6.45) is -0.163. The van der Waals surface area contributed by atoms with Crippen molar-refractivity contribution in [2.24, 2.45) is 11.8 Å². The van der Waals surface area contributed by atoms with Crippen molar-refractivity contribution < 1.29 is 28.7 Å². The van der Waals surface area contributed by atoms with E-state index < -0.39 is 51.9 Å². The summed E-state index contributed by atoms with van der Waals surface area (Å²) in [6.45, 7) is -0.567. The second-order valence-electron chi connectivity index (χ2n) is 11.7. The molecule has 1 aliphatic heterocycles. The number of hydrogen-bond acceptors (Lipinski definition) is 6. The summed E-state index contributed by atoms with van der Waals surface area (Å²) in [5, 5.41) is 2.72.